The van der Waals surface area contributed by atoms with Crippen LogP contribution in [0.25, 0.3) is 11.1 Å². The van der Waals surface area contributed by atoms with E-state index in [1.165, 1.54) is 19.1 Å². The fraction of sp³-hybridized carbons (Fsp3) is 0.192. The van der Waals surface area contributed by atoms with Crippen molar-refractivity contribution in [1.82, 2.24) is 0 Å². The molecule has 32 heavy (non-hydrogen) atoms. The summed E-state index contributed by atoms with van der Waals surface area (Å²) < 4.78 is 38.6. The van der Waals surface area contributed by atoms with Gasteiger partial charge >= 0.3 is 6.18 Å². The molecule has 1 aliphatic rings. The quantitative estimate of drug-likeness (QED) is 0.505. The fourth-order valence-electron chi connectivity index (χ4n) is 3.88. The fourth-order valence-corrected chi connectivity index (χ4v) is 3.88. The molecule has 0 atom stereocenters. The Morgan fingerprint density at radius 1 is 0.875 bits per heavy atom. The monoisotopic (exact) mass is 435 g/mol. The maximum atomic E-state index is 12.9. The number of fused-ring (bicyclic) bond motifs is 1. The molecule has 0 amide bonds. The lowest BCUT2D eigenvalue weighted by molar-refractivity contribution is -0.137. The van der Waals surface area contributed by atoms with Crippen molar-refractivity contribution in [3.05, 3.63) is 94.5 Å². The molecular formula is C26H20F3NO2. The molecule has 0 saturated heterocycles. The van der Waals surface area contributed by atoms with Gasteiger partial charge in [0.2, 0.25) is 0 Å². The van der Waals surface area contributed by atoms with Gasteiger partial charge in [-0.2, -0.15) is 13.2 Å². The number of aliphatic imine (C=N–C) groups is 1. The lowest BCUT2D eigenvalue weighted by Gasteiger charge is -2.09. The molecule has 4 rings (SSSR count). The largest absolute Gasteiger partial charge is 0.416 e. The number of hydrogen-bond donors (Lipinski definition) is 0. The van der Waals surface area contributed by atoms with Crippen LogP contribution < -0.4 is 0 Å². The SMILES string of the molecule is CC(=O)C1=NCc2cc(-c3ccc(CC(=O)Cc4cccc(C(F)(F)F)c4)cc3)ccc21. The highest BCUT2D eigenvalue weighted by atomic mass is 19.4. The van der Waals surface area contributed by atoms with Crippen molar-refractivity contribution in [1.29, 1.82) is 0 Å². The predicted octanol–water partition coefficient (Wildman–Crippen LogP) is 5.62. The van der Waals surface area contributed by atoms with E-state index in [0.717, 1.165) is 39.9 Å². The molecule has 3 aromatic rings. The average Bonchev–Trinajstić information content (AvgIpc) is 3.17. The molecule has 0 radical (unpaired) electrons. The van der Waals surface area contributed by atoms with Crippen LogP contribution in [0.15, 0.2) is 71.7 Å². The van der Waals surface area contributed by atoms with E-state index in [1.807, 2.05) is 42.5 Å². The third-order valence-electron chi connectivity index (χ3n) is 5.45. The molecule has 3 nitrogen and oxygen atoms in total. The Morgan fingerprint density at radius 3 is 2.25 bits per heavy atom. The van der Waals surface area contributed by atoms with E-state index in [2.05, 4.69) is 4.99 Å². The van der Waals surface area contributed by atoms with Gasteiger partial charge in [-0.3, -0.25) is 14.6 Å². The smallest absolute Gasteiger partial charge is 0.299 e. The zero-order valence-corrected chi connectivity index (χ0v) is 17.4. The van der Waals surface area contributed by atoms with E-state index in [1.54, 1.807) is 0 Å². The molecule has 0 bridgehead atoms. The standard InChI is InChI=1S/C26H20F3NO2/c1-16(31)25-24-10-9-20(14-21(24)15-30-25)19-7-5-17(6-8-19)12-23(32)13-18-3-2-4-22(11-18)26(27,28)29/h2-11,14H,12-13,15H2,1H3. The molecule has 0 saturated carbocycles. The second-order valence-electron chi connectivity index (χ2n) is 7.88. The summed E-state index contributed by atoms with van der Waals surface area (Å²) in [5, 5.41) is 0. The summed E-state index contributed by atoms with van der Waals surface area (Å²) in [7, 11) is 0. The van der Waals surface area contributed by atoms with E-state index in [4.69, 9.17) is 0 Å². The van der Waals surface area contributed by atoms with E-state index < -0.39 is 11.7 Å². The number of benzene rings is 3. The van der Waals surface area contributed by atoms with Gasteiger partial charge in [0.1, 0.15) is 11.5 Å². The number of halogens is 3. The van der Waals surface area contributed by atoms with Crippen LogP contribution in [0.5, 0.6) is 0 Å². The zero-order valence-electron chi connectivity index (χ0n) is 17.4. The summed E-state index contributed by atoms with van der Waals surface area (Å²) in [5.41, 5.74) is 4.76. The van der Waals surface area contributed by atoms with Gasteiger partial charge in [-0.15, -0.1) is 0 Å². The maximum absolute atomic E-state index is 12.9. The molecule has 0 aliphatic carbocycles. The van der Waals surface area contributed by atoms with Crippen LogP contribution in [-0.2, 0) is 35.2 Å². The summed E-state index contributed by atoms with van der Waals surface area (Å²) >= 11 is 0. The Labute approximate surface area is 183 Å². The van der Waals surface area contributed by atoms with E-state index in [-0.39, 0.29) is 24.4 Å². The molecule has 6 heteroatoms. The van der Waals surface area contributed by atoms with Crippen LogP contribution in [0, 0.1) is 0 Å². The molecule has 162 valence electrons. The second kappa shape index (κ2) is 8.54. The van der Waals surface area contributed by atoms with Gasteiger partial charge < -0.3 is 0 Å². The number of nitrogens with zero attached hydrogens (tertiary/aromatic N) is 1. The molecule has 1 heterocycles. The Kier molecular flexibility index (Phi) is 5.78. The van der Waals surface area contributed by atoms with Crippen LogP contribution in [0.4, 0.5) is 13.2 Å². The molecule has 1 aliphatic heterocycles. The molecule has 0 unspecified atom stereocenters. The number of hydrogen-bond acceptors (Lipinski definition) is 3. The van der Waals surface area contributed by atoms with Crippen LogP contribution in [-0.4, -0.2) is 17.3 Å². The Hall–Kier alpha value is -3.54. The van der Waals surface area contributed by atoms with Gasteiger partial charge in [0.05, 0.1) is 12.1 Å². The van der Waals surface area contributed by atoms with Gasteiger partial charge in [0.15, 0.2) is 5.78 Å². The van der Waals surface area contributed by atoms with Gasteiger partial charge in [0, 0.05) is 25.3 Å². The highest BCUT2D eigenvalue weighted by Gasteiger charge is 2.30. The first-order valence-electron chi connectivity index (χ1n) is 10.2. The van der Waals surface area contributed by atoms with Gasteiger partial charge in [0.25, 0.3) is 0 Å². The summed E-state index contributed by atoms with van der Waals surface area (Å²) in [6, 6.07) is 18.3. The van der Waals surface area contributed by atoms with Gasteiger partial charge in [-0.05, 0) is 39.9 Å². The predicted molar refractivity (Wildman–Crippen MR) is 117 cm³/mol. The second-order valence-corrected chi connectivity index (χ2v) is 7.88. The summed E-state index contributed by atoms with van der Waals surface area (Å²) in [5.74, 6) is -0.195. The Balaban J connectivity index is 1.43. The minimum absolute atomic E-state index is 0.0457. The molecular weight excluding hydrogens is 415 g/mol. The molecule has 0 fully saturated rings. The molecule has 0 N–H and O–H groups in total. The van der Waals surface area contributed by atoms with E-state index in [0.29, 0.717) is 17.8 Å². The first-order valence-corrected chi connectivity index (χ1v) is 10.2. The van der Waals surface area contributed by atoms with Crippen molar-refractivity contribution >= 4 is 17.3 Å². The highest BCUT2D eigenvalue weighted by molar-refractivity contribution is 6.46. The van der Waals surface area contributed by atoms with Crippen molar-refractivity contribution in [3.8, 4) is 11.1 Å². The van der Waals surface area contributed by atoms with Gasteiger partial charge in [-0.25, -0.2) is 0 Å². The number of carbonyl (C=O) groups excluding carboxylic acids is 2. The van der Waals surface area contributed by atoms with Crippen molar-refractivity contribution in [2.75, 3.05) is 0 Å². The van der Waals surface area contributed by atoms with E-state index in [9.17, 15) is 22.8 Å². The van der Waals surface area contributed by atoms with Crippen molar-refractivity contribution in [3.63, 3.8) is 0 Å². The number of ketones is 2. The number of rotatable bonds is 6. The summed E-state index contributed by atoms with van der Waals surface area (Å²) in [6.07, 6.45) is -4.32. The first-order chi connectivity index (χ1) is 15.2. The van der Waals surface area contributed by atoms with Crippen molar-refractivity contribution < 1.29 is 22.8 Å². The van der Waals surface area contributed by atoms with Crippen molar-refractivity contribution in [2.45, 2.75) is 32.5 Å². The number of alkyl halides is 3. The summed E-state index contributed by atoms with van der Waals surface area (Å²) in [6.45, 7) is 2.00. The van der Waals surface area contributed by atoms with Crippen molar-refractivity contribution in [2.24, 2.45) is 4.99 Å². The third-order valence-corrected chi connectivity index (χ3v) is 5.45. The Morgan fingerprint density at radius 2 is 1.56 bits per heavy atom. The average molecular weight is 435 g/mol. The van der Waals surface area contributed by atoms with Crippen LogP contribution in [0.1, 0.15) is 34.7 Å². The molecule has 0 aromatic heterocycles. The van der Waals surface area contributed by atoms with Crippen LogP contribution in [0.3, 0.4) is 0 Å². The molecule has 0 spiro atoms. The van der Waals surface area contributed by atoms with Gasteiger partial charge in [-0.1, -0.05) is 54.6 Å². The topological polar surface area (TPSA) is 46.5 Å². The normalized spacial score (nSPS) is 12.9. The lowest BCUT2D eigenvalue weighted by Crippen LogP contribution is -2.09. The lowest BCUT2D eigenvalue weighted by atomic mass is 9.96. The Bertz CT molecular complexity index is 1220. The first kappa shape index (κ1) is 21.7. The highest BCUT2D eigenvalue weighted by Crippen LogP contribution is 2.30. The minimum Gasteiger partial charge on any atom is -0.299 e. The maximum Gasteiger partial charge on any atom is 0.416 e. The third kappa shape index (κ3) is 4.69. The van der Waals surface area contributed by atoms with Crippen LogP contribution >= 0.6 is 0 Å². The minimum atomic E-state index is -4.42. The van der Waals surface area contributed by atoms with E-state index >= 15 is 0 Å². The zero-order chi connectivity index (χ0) is 22.9. The molecule has 3 aromatic carbocycles. The number of Topliss-reactive ketones (excluding diaryl/α,β-unsaturated/α-hetero) is 2. The summed E-state index contributed by atoms with van der Waals surface area (Å²) in [4.78, 5) is 28.4. The number of carbonyl (C=O) groups is 2. The van der Waals surface area contributed by atoms with Crippen LogP contribution in [0.2, 0.25) is 0 Å².